The molecule has 0 saturated carbocycles. The average Bonchev–Trinajstić information content (AvgIpc) is 2.77. The summed E-state index contributed by atoms with van der Waals surface area (Å²) < 4.78 is 4.96. The number of carbonyl (C=O) groups excluding carboxylic acids is 1. The Kier molecular flexibility index (Phi) is 3.73. The third-order valence-corrected chi connectivity index (χ3v) is 1.88. The molecule has 6 heteroatoms. The number of amides is 1. The van der Waals surface area contributed by atoms with Crippen molar-refractivity contribution in [2.45, 2.75) is 6.92 Å². The summed E-state index contributed by atoms with van der Waals surface area (Å²) in [5.41, 5.74) is 5.32. The van der Waals surface area contributed by atoms with Crippen LogP contribution in [0.4, 0.5) is 0 Å². The molecule has 1 amide bonds. The minimum absolute atomic E-state index is 0.0169. The van der Waals surface area contributed by atoms with Gasteiger partial charge in [0.05, 0.1) is 12.8 Å². The van der Waals surface area contributed by atoms with Crippen molar-refractivity contribution in [2.75, 3.05) is 13.1 Å². The number of hydrogen-bond acceptors (Lipinski definition) is 4. The molecule has 1 aromatic rings. The molecular formula is C9H13N3O3. The molecule has 0 aromatic carbocycles. The van der Waals surface area contributed by atoms with Crippen LogP contribution in [-0.4, -0.2) is 34.9 Å². The minimum Gasteiger partial charge on any atom is -0.459 e. The van der Waals surface area contributed by atoms with E-state index >= 15 is 0 Å². The van der Waals surface area contributed by atoms with Gasteiger partial charge in [0.25, 0.3) is 5.91 Å². The Balaban J connectivity index is 2.71. The summed E-state index contributed by atoms with van der Waals surface area (Å²) in [6.07, 6.45) is 1.42. The topological polar surface area (TPSA) is 92.1 Å². The molecule has 0 aliphatic heterocycles. The smallest absolute Gasteiger partial charge is 0.289 e. The van der Waals surface area contributed by atoms with Crippen molar-refractivity contribution in [1.29, 1.82) is 0 Å². The number of nitrogens with two attached hydrogens (primary N) is 1. The van der Waals surface area contributed by atoms with E-state index in [0.717, 1.165) is 0 Å². The SMILES string of the molecule is CCN(CC(N)=NO)C(=O)c1ccco1. The molecule has 0 radical (unpaired) electrons. The minimum atomic E-state index is -0.283. The van der Waals surface area contributed by atoms with E-state index in [-0.39, 0.29) is 24.0 Å². The first kappa shape index (κ1) is 11.1. The summed E-state index contributed by atoms with van der Waals surface area (Å²) >= 11 is 0. The first-order valence-corrected chi connectivity index (χ1v) is 4.48. The fraction of sp³-hybridized carbons (Fsp3) is 0.333. The lowest BCUT2D eigenvalue weighted by molar-refractivity contribution is 0.0754. The molecule has 0 spiro atoms. The van der Waals surface area contributed by atoms with E-state index < -0.39 is 0 Å². The van der Waals surface area contributed by atoms with Crippen molar-refractivity contribution in [3.63, 3.8) is 0 Å². The van der Waals surface area contributed by atoms with Crippen LogP contribution in [0.1, 0.15) is 17.5 Å². The van der Waals surface area contributed by atoms with Crippen LogP contribution in [0.15, 0.2) is 28.0 Å². The van der Waals surface area contributed by atoms with E-state index in [1.807, 2.05) is 0 Å². The summed E-state index contributed by atoms with van der Waals surface area (Å²) in [4.78, 5) is 13.1. The van der Waals surface area contributed by atoms with Crippen LogP contribution in [0.5, 0.6) is 0 Å². The van der Waals surface area contributed by atoms with Crippen LogP contribution in [0.2, 0.25) is 0 Å². The molecule has 0 aliphatic carbocycles. The number of amidine groups is 1. The number of nitrogens with zero attached hydrogens (tertiary/aromatic N) is 2. The lowest BCUT2D eigenvalue weighted by atomic mass is 10.3. The standard InChI is InChI=1S/C9H13N3O3/c1-2-12(6-8(10)11-14)9(13)7-4-3-5-15-7/h3-5,14H,2,6H2,1H3,(H2,10,11). The average molecular weight is 211 g/mol. The Morgan fingerprint density at radius 2 is 2.47 bits per heavy atom. The van der Waals surface area contributed by atoms with Crippen LogP contribution in [-0.2, 0) is 0 Å². The quantitative estimate of drug-likeness (QED) is 0.328. The maximum atomic E-state index is 11.7. The van der Waals surface area contributed by atoms with Gasteiger partial charge in [0, 0.05) is 6.54 Å². The molecule has 82 valence electrons. The third-order valence-electron chi connectivity index (χ3n) is 1.88. The summed E-state index contributed by atoms with van der Waals surface area (Å²) in [6, 6.07) is 3.20. The maximum absolute atomic E-state index is 11.7. The van der Waals surface area contributed by atoms with Gasteiger partial charge < -0.3 is 20.3 Å². The highest BCUT2D eigenvalue weighted by atomic mass is 16.4. The molecule has 1 rings (SSSR count). The summed E-state index contributed by atoms with van der Waals surface area (Å²) in [5, 5.41) is 11.2. The Morgan fingerprint density at radius 3 is 2.93 bits per heavy atom. The van der Waals surface area contributed by atoms with Crippen molar-refractivity contribution in [1.82, 2.24) is 4.90 Å². The van der Waals surface area contributed by atoms with Crippen molar-refractivity contribution < 1.29 is 14.4 Å². The molecule has 3 N–H and O–H groups in total. The zero-order valence-electron chi connectivity index (χ0n) is 8.38. The fourth-order valence-corrected chi connectivity index (χ4v) is 1.11. The molecule has 6 nitrogen and oxygen atoms in total. The second-order valence-corrected chi connectivity index (χ2v) is 2.89. The van der Waals surface area contributed by atoms with Crippen molar-refractivity contribution in [3.8, 4) is 0 Å². The number of furan rings is 1. The highest BCUT2D eigenvalue weighted by Gasteiger charge is 2.17. The summed E-state index contributed by atoms with van der Waals surface area (Å²) in [6.45, 7) is 2.33. The normalized spacial score (nSPS) is 11.4. The summed E-state index contributed by atoms with van der Waals surface area (Å²) in [7, 11) is 0. The molecule has 1 aromatic heterocycles. The molecular weight excluding hydrogens is 198 g/mol. The van der Waals surface area contributed by atoms with Gasteiger partial charge >= 0.3 is 0 Å². The Hall–Kier alpha value is -1.98. The number of carbonyl (C=O) groups is 1. The second-order valence-electron chi connectivity index (χ2n) is 2.89. The van der Waals surface area contributed by atoms with Gasteiger partial charge in [0.2, 0.25) is 0 Å². The van der Waals surface area contributed by atoms with E-state index in [1.165, 1.54) is 11.2 Å². The molecule has 0 saturated heterocycles. The lowest BCUT2D eigenvalue weighted by Gasteiger charge is -2.18. The van der Waals surface area contributed by atoms with Crippen LogP contribution in [0, 0.1) is 0 Å². The van der Waals surface area contributed by atoms with E-state index in [9.17, 15) is 4.79 Å². The first-order valence-electron chi connectivity index (χ1n) is 4.48. The molecule has 0 atom stereocenters. The zero-order chi connectivity index (χ0) is 11.3. The van der Waals surface area contributed by atoms with Gasteiger partial charge in [-0.15, -0.1) is 0 Å². The summed E-state index contributed by atoms with van der Waals surface area (Å²) in [5.74, 6) is -0.0616. The molecule has 0 unspecified atom stereocenters. The van der Waals surface area contributed by atoms with Gasteiger partial charge in [-0.1, -0.05) is 5.16 Å². The Morgan fingerprint density at radius 1 is 1.73 bits per heavy atom. The van der Waals surface area contributed by atoms with Gasteiger partial charge in [-0.25, -0.2) is 0 Å². The van der Waals surface area contributed by atoms with Gasteiger partial charge in [0.15, 0.2) is 11.6 Å². The molecule has 0 bridgehead atoms. The highest BCUT2D eigenvalue weighted by molar-refractivity contribution is 5.94. The Labute approximate surface area is 87.0 Å². The fourth-order valence-electron chi connectivity index (χ4n) is 1.11. The molecule has 1 heterocycles. The van der Waals surface area contributed by atoms with E-state index in [4.69, 9.17) is 15.4 Å². The molecule has 0 aliphatic rings. The van der Waals surface area contributed by atoms with Gasteiger partial charge in [-0.05, 0) is 19.1 Å². The van der Waals surface area contributed by atoms with Crippen molar-refractivity contribution >= 4 is 11.7 Å². The van der Waals surface area contributed by atoms with Gasteiger partial charge in [0.1, 0.15) is 0 Å². The lowest BCUT2D eigenvalue weighted by Crippen LogP contribution is -2.38. The van der Waals surface area contributed by atoms with Crippen LogP contribution < -0.4 is 5.73 Å². The zero-order valence-corrected chi connectivity index (χ0v) is 8.38. The first-order chi connectivity index (χ1) is 7.19. The van der Waals surface area contributed by atoms with E-state index in [0.29, 0.717) is 6.54 Å². The highest BCUT2D eigenvalue weighted by Crippen LogP contribution is 2.05. The monoisotopic (exact) mass is 211 g/mol. The largest absolute Gasteiger partial charge is 0.459 e. The van der Waals surface area contributed by atoms with E-state index in [1.54, 1.807) is 19.1 Å². The maximum Gasteiger partial charge on any atom is 0.289 e. The Bertz CT molecular complexity index is 345. The van der Waals surface area contributed by atoms with Crippen molar-refractivity contribution in [2.24, 2.45) is 10.9 Å². The molecule has 0 fully saturated rings. The number of likely N-dealkylation sites (N-methyl/N-ethyl adjacent to an activating group) is 1. The van der Waals surface area contributed by atoms with Crippen LogP contribution >= 0.6 is 0 Å². The van der Waals surface area contributed by atoms with E-state index in [2.05, 4.69) is 5.16 Å². The van der Waals surface area contributed by atoms with Gasteiger partial charge in [-0.2, -0.15) is 0 Å². The van der Waals surface area contributed by atoms with Crippen LogP contribution in [0.3, 0.4) is 0 Å². The van der Waals surface area contributed by atoms with Crippen molar-refractivity contribution in [3.05, 3.63) is 24.2 Å². The second kappa shape index (κ2) is 5.04. The molecule has 15 heavy (non-hydrogen) atoms. The van der Waals surface area contributed by atoms with Gasteiger partial charge in [-0.3, -0.25) is 4.79 Å². The predicted octanol–water partition coefficient (Wildman–Crippen LogP) is 0.488. The number of oxime groups is 1. The number of hydrogen-bond donors (Lipinski definition) is 2. The predicted molar refractivity (Wildman–Crippen MR) is 53.7 cm³/mol. The van der Waals surface area contributed by atoms with Crippen LogP contribution in [0.25, 0.3) is 0 Å². The number of rotatable bonds is 4. The third kappa shape index (κ3) is 2.73.